The molecule has 0 bridgehead atoms. The summed E-state index contributed by atoms with van der Waals surface area (Å²) in [4.78, 5) is 45.9. The molecule has 9 nitrogen and oxygen atoms in total. The Bertz CT molecular complexity index is 1220. The zero-order valence-corrected chi connectivity index (χ0v) is 21.8. The first-order chi connectivity index (χ1) is 18.5. The third-order valence-corrected chi connectivity index (χ3v) is 7.51. The number of hydrogen-bond acceptors (Lipinski definition) is 6. The fourth-order valence-corrected chi connectivity index (χ4v) is 5.41. The molecule has 1 saturated carbocycles. The van der Waals surface area contributed by atoms with Gasteiger partial charge in [0.25, 0.3) is 5.91 Å². The first-order valence-electron chi connectivity index (χ1n) is 12.8. The van der Waals surface area contributed by atoms with E-state index in [4.69, 9.17) is 10.5 Å². The number of β-lactam (4-membered cyclic amide) rings is 1. The molecule has 4 amide bonds. The first-order valence-corrected chi connectivity index (χ1v) is 12.8. The van der Waals surface area contributed by atoms with E-state index < -0.39 is 47.9 Å². The number of nitrogens with two attached hydrogens (primary N) is 1. The molecule has 1 aromatic carbocycles. The van der Waals surface area contributed by atoms with Gasteiger partial charge in [0.2, 0.25) is 5.91 Å². The average molecular weight is 548 g/mol. The number of nitrogens with one attached hydrogen (secondary N) is 1. The van der Waals surface area contributed by atoms with Crippen LogP contribution in [-0.4, -0.2) is 60.1 Å². The molecule has 2 aromatic rings. The number of ether oxygens (including phenoxy) is 1. The maximum atomic E-state index is 14.0. The van der Waals surface area contributed by atoms with Crippen LogP contribution in [0.25, 0.3) is 0 Å². The molecule has 210 valence electrons. The number of likely N-dealkylation sites (N-methyl/N-ethyl adjacent to an activating group) is 1. The fourth-order valence-electron chi connectivity index (χ4n) is 5.41. The van der Waals surface area contributed by atoms with Crippen LogP contribution in [0.5, 0.6) is 5.75 Å². The van der Waals surface area contributed by atoms with Crippen LogP contribution in [0.1, 0.15) is 37.7 Å². The zero-order valence-electron chi connectivity index (χ0n) is 21.8. The summed E-state index contributed by atoms with van der Waals surface area (Å²) in [5.74, 6) is -2.42. The maximum absolute atomic E-state index is 14.0. The minimum absolute atomic E-state index is 0.0585. The van der Waals surface area contributed by atoms with Crippen LogP contribution in [0.2, 0.25) is 0 Å². The number of benzene rings is 1. The van der Waals surface area contributed by atoms with Gasteiger partial charge in [-0.15, -0.1) is 0 Å². The molecule has 4 rings (SSSR count). The predicted octanol–water partition coefficient (Wildman–Crippen LogP) is 3.93. The predicted molar refractivity (Wildman–Crippen MR) is 138 cm³/mol. The smallest absolute Gasteiger partial charge is 0.408 e. The molecule has 0 spiro atoms. The van der Waals surface area contributed by atoms with Crippen LogP contribution in [-0.2, 0) is 16.0 Å². The zero-order chi connectivity index (χ0) is 28.3. The van der Waals surface area contributed by atoms with Crippen molar-refractivity contribution in [2.45, 2.75) is 56.8 Å². The molecule has 1 saturated heterocycles. The molecule has 12 heteroatoms. The Kier molecular flexibility index (Phi) is 8.31. The number of carbonyl (C=O) groups excluding carboxylic acids is 3. The minimum Gasteiger partial charge on any atom is -0.497 e. The Labute approximate surface area is 224 Å². The Balaban J connectivity index is 1.61. The van der Waals surface area contributed by atoms with E-state index in [0.717, 1.165) is 6.42 Å². The van der Waals surface area contributed by atoms with Crippen molar-refractivity contribution in [3.63, 3.8) is 0 Å². The number of urea groups is 1. The normalized spacial score (nSPS) is 20.6. The van der Waals surface area contributed by atoms with Crippen molar-refractivity contribution in [3.05, 3.63) is 48.2 Å². The second-order valence-electron chi connectivity index (χ2n) is 10.0. The Morgan fingerprint density at radius 2 is 1.92 bits per heavy atom. The van der Waals surface area contributed by atoms with Gasteiger partial charge in [-0.05, 0) is 55.0 Å². The van der Waals surface area contributed by atoms with E-state index in [2.05, 4.69) is 10.3 Å². The number of halogens is 3. The summed E-state index contributed by atoms with van der Waals surface area (Å²) < 4.78 is 47.2. The molecular weight excluding hydrogens is 515 g/mol. The lowest BCUT2D eigenvalue weighted by Crippen LogP contribution is -2.71. The monoisotopic (exact) mass is 547 g/mol. The summed E-state index contributed by atoms with van der Waals surface area (Å²) in [5, 5.41) is 2.05. The second kappa shape index (κ2) is 11.5. The lowest BCUT2D eigenvalue weighted by Gasteiger charge is -2.46. The van der Waals surface area contributed by atoms with E-state index in [1.165, 1.54) is 25.3 Å². The van der Waals surface area contributed by atoms with Crippen molar-refractivity contribution in [2.24, 2.45) is 11.8 Å². The quantitative estimate of drug-likeness (QED) is 0.508. The highest BCUT2D eigenvalue weighted by molar-refractivity contribution is 6.12. The summed E-state index contributed by atoms with van der Waals surface area (Å²) in [6.07, 6.45) is -0.418. The van der Waals surface area contributed by atoms with Crippen LogP contribution in [0.4, 0.5) is 29.5 Å². The van der Waals surface area contributed by atoms with Gasteiger partial charge in [0.15, 0.2) is 0 Å². The third kappa shape index (κ3) is 6.10. The molecule has 3 atom stereocenters. The number of amides is 4. The van der Waals surface area contributed by atoms with Gasteiger partial charge in [0, 0.05) is 25.0 Å². The molecule has 2 fully saturated rings. The molecule has 39 heavy (non-hydrogen) atoms. The highest BCUT2D eigenvalue weighted by atomic mass is 19.4. The molecule has 2 aliphatic rings. The van der Waals surface area contributed by atoms with E-state index in [0.29, 0.717) is 47.6 Å². The van der Waals surface area contributed by atoms with E-state index in [1.54, 1.807) is 36.4 Å². The average Bonchev–Trinajstić information content (AvgIpc) is 2.92. The number of anilines is 2. The lowest BCUT2D eigenvalue weighted by molar-refractivity contribution is -0.170. The number of likely N-dealkylation sites (tertiary alicyclic amines) is 1. The van der Waals surface area contributed by atoms with Gasteiger partial charge < -0.3 is 20.7 Å². The number of imide groups is 1. The van der Waals surface area contributed by atoms with Gasteiger partial charge in [-0.1, -0.05) is 25.3 Å². The van der Waals surface area contributed by atoms with E-state index in [-0.39, 0.29) is 12.2 Å². The molecular formula is C27H32F3N5O4. The van der Waals surface area contributed by atoms with Gasteiger partial charge in [0.1, 0.15) is 23.7 Å². The number of aromatic nitrogens is 1. The van der Waals surface area contributed by atoms with Gasteiger partial charge in [-0.25, -0.2) is 9.78 Å². The van der Waals surface area contributed by atoms with Crippen molar-refractivity contribution in [2.75, 3.05) is 24.8 Å². The molecule has 3 N–H and O–H groups in total. The number of rotatable bonds is 7. The highest BCUT2D eigenvalue weighted by Crippen LogP contribution is 2.37. The molecule has 0 radical (unpaired) electrons. The number of nitrogens with zero attached hydrogens (tertiary/aromatic N) is 3. The fraction of sp³-hybridized carbons (Fsp3) is 0.481. The van der Waals surface area contributed by atoms with Crippen molar-refractivity contribution in [1.29, 1.82) is 0 Å². The van der Waals surface area contributed by atoms with Crippen molar-refractivity contribution in [1.82, 2.24) is 15.2 Å². The van der Waals surface area contributed by atoms with Crippen molar-refractivity contribution in [3.8, 4) is 5.75 Å². The van der Waals surface area contributed by atoms with Crippen LogP contribution >= 0.6 is 0 Å². The Morgan fingerprint density at radius 3 is 2.56 bits per heavy atom. The standard InChI is InChI=1S/C27H32F3N5O4/c1-34(18-9-6-10-19(15-18)39-2)25(37)22-20(13-16-11-12-32-21(31)14-16)24(36)35(22)26(38)33-23(27(28,29)30)17-7-4-3-5-8-17/h6,9-12,14-15,17,20,22-23H,3-5,7-8,13H2,1-2H3,(H2,31,32)(H,33,38)/t20?,22-,23-/m0/s1. The highest BCUT2D eigenvalue weighted by Gasteiger charge is 2.57. The van der Waals surface area contributed by atoms with Crippen LogP contribution in [0.15, 0.2) is 42.6 Å². The lowest BCUT2D eigenvalue weighted by atomic mass is 9.81. The number of pyridine rings is 1. The molecule has 1 aromatic heterocycles. The van der Waals surface area contributed by atoms with E-state index in [1.807, 2.05) is 0 Å². The summed E-state index contributed by atoms with van der Waals surface area (Å²) in [5.41, 5.74) is 6.79. The molecule has 1 aliphatic carbocycles. The SMILES string of the molecule is COc1cccc(N(C)C(=O)[C@@H]2C(Cc3ccnc(N)c3)C(=O)N2C(=O)N[C@@H](C2CCCCC2)C(F)(F)F)c1. The Hall–Kier alpha value is -3.83. The van der Waals surface area contributed by atoms with Crippen LogP contribution in [0.3, 0.4) is 0 Å². The summed E-state index contributed by atoms with van der Waals surface area (Å²) >= 11 is 0. The maximum Gasteiger partial charge on any atom is 0.408 e. The molecule has 1 unspecified atom stereocenters. The van der Waals surface area contributed by atoms with Gasteiger partial charge in [-0.3, -0.25) is 14.5 Å². The van der Waals surface area contributed by atoms with Gasteiger partial charge in [-0.2, -0.15) is 13.2 Å². The molecule has 2 heterocycles. The van der Waals surface area contributed by atoms with Crippen molar-refractivity contribution < 1.29 is 32.3 Å². The molecule has 1 aliphatic heterocycles. The second-order valence-corrected chi connectivity index (χ2v) is 10.0. The first kappa shape index (κ1) is 28.2. The third-order valence-electron chi connectivity index (χ3n) is 7.51. The van der Waals surface area contributed by atoms with Gasteiger partial charge in [0.05, 0.1) is 13.0 Å². The van der Waals surface area contributed by atoms with E-state index in [9.17, 15) is 27.6 Å². The number of hydrogen-bond donors (Lipinski definition) is 2. The summed E-state index contributed by atoms with van der Waals surface area (Å²) in [6.45, 7) is 0. The number of nitrogen functional groups attached to an aromatic ring is 1. The summed E-state index contributed by atoms with van der Waals surface area (Å²) in [7, 11) is 2.94. The summed E-state index contributed by atoms with van der Waals surface area (Å²) in [6, 6.07) is 5.13. The Morgan fingerprint density at radius 1 is 1.21 bits per heavy atom. The number of carbonyl (C=O) groups is 3. The largest absolute Gasteiger partial charge is 0.497 e. The van der Waals surface area contributed by atoms with Gasteiger partial charge >= 0.3 is 12.2 Å². The topological polar surface area (TPSA) is 118 Å². The van der Waals surface area contributed by atoms with Crippen LogP contribution < -0.4 is 20.7 Å². The van der Waals surface area contributed by atoms with Crippen LogP contribution in [0, 0.1) is 11.8 Å². The number of methoxy groups -OCH3 is 1. The number of alkyl halides is 3. The van der Waals surface area contributed by atoms with E-state index >= 15 is 0 Å². The van der Waals surface area contributed by atoms with Crippen molar-refractivity contribution >= 4 is 29.4 Å². The minimum atomic E-state index is -4.70.